The van der Waals surface area contributed by atoms with Crippen molar-refractivity contribution in [3.05, 3.63) is 34.9 Å². The zero-order chi connectivity index (χ0) is 13.1. The van der Waals surface area contributed by atoms with Crippen molar-refractivity contribution in [1.82, 2.24) is 5.32 Å². The lowest BCUT2D eigenvalue weighted by atomic mass is 9.88. The summed E-state index contributed by atoms with van der Waals surface area (Å²) in [6.45, 7) is 10.3. The van der Waals surface area contributed by atoms with Crippen molar-refractivity contribution in [2.75, 3.05) is 6.54 Å². The molecule has 0 aromatic heterocycles. The molecule has 1 fully saturated rings. The predicted molar refractivity (Wildman–Crippen MR) is 79.0 cm³/mol. The molecule has 1 aliphatic rings. The zero-order valence-electron chi connectivity index (χ0n) is 12.3. The van der Waals surface area contributed by atoms with E-state index in [9.17, 15) is 0 Å². The average molecular weight is 245 g/mol. The van der Waals surface area contributed by atoms with Crippen LogP contribution in [0.15, 0.2) is 18.2 Å². The van der Waals surface area contributed by atoms with E-state index in [0.717, 1.165) is 17.9 Å². The molecule has 2 atom stereocenters. The molecular formula is C17H27N. The van der Waals surface area contributed by atoms with Gasteiger partial charge in [-0.15, -0.1) is 0 Å². The van der Waals surface area contributed by atoms with E-state index < -0.39 is 0 Å². The molecule has 0 spiro atoms. The highest BCUT2D eigenvalue weighted by atomic mass is 14.9. The molecule has 1 nitrogen and oxygen atoms in total. The minimum atomic E-state index is 0.748. The van der Waals surface area contributed by atoms with Gasteiger partial charge < -0.3 is 5.32 Å². The maximum Gasteiger partial charge on any atom is 0.00683 e. The number of rotatable bonds is 6. The van der Waals surface area contributed by atoms with Gasteiger partial charge in [-0.3, -0.25) is 0 Å². The van der Waals surface area contributed by atoms with Crippen molar-refractivity contribution in [1.29, 1.82) is 0 Å². The maximum absolute atomic E-state index is 3.64. The lowest BCUT2D eigenvalue weighted by Crippen LogP contribution is -2.27. The van der Waals surface area contributed by atoms with Gasteiger partial charge in [-0.25, -0.2) is 0 Å². The third-order valence-corrected chi connectivity index (χ3v) is 4.41. The molecule has 0 bridgehead atoms. The highest BCUT2D eigenvalue weighted by Crippen LogP contribution is 2.22. The maximum atomic E-state index is 3.64. The van der Waals surface area contributed by atoms with E-state index >= 15 is 0 Å². The summed E-state index contributed by atoms with van der Waals surface area (Å²) in [7, 11) is 0. The molecule has 1 aliphatic carbocycles. The SMILES string of the molecule is Cc1ccc(CC(C)C(C)CNC2CC2)cc1C. The standard InChI is InChI=1S/C17H27N/c1-12-5-6-16(9-13(12)2)10-14(3)15(4)11-18-17-7-8-17/h5-6,9,14-15,17-18H,7-8,10-11H2,1-4H3. The van der Waals surface area contributed by atoms with Crippen LogP contribution in [-0.2, 0) is 6.42 Å². The van der Waals surface area contributed by atoms with Crippen molar-refractivity contribution in [3.8, 4) is 0 Å². The molecule has 0 heterocycles. The Hall–Kier alpha value is -0.820. The Morgan fingerprint density at radius 2 is 1.83 bits per heavy atom. The minimum absolute atomic E-state index is 0.748. The van der Waals surface area contributed by atoms with Gasteiger partial charge in [-0.2, -0.15) is 0 Å². The summed E-state index contributed by atoms with van der Waals surface area (Å²) in [5, 5.41) is 3.64. The van der Waals surface area contributed by atoms with Crippen molar-refractivity contribution in [2.45, 2.75) is 53.0 Å². The van der Waals surface area contributed by atoms with Crippen molar-refractivity contribution in [2.24, 2.45) is 11.8 Å². The number of hydrogen-bond donors (Lipinski definition) is 1. The summed E-state index contributed by atoms with van der Waals surface area (Å²) >= 11 is 0. The fourth-order valence-corrected chi connectivity index (χ4v) is 2.34. The first-order valence-electron chi connectivity index (χ1n) is 7.35. The number of hydrogen-bond acceptors (Lipinski definition) is 1. The lowest BCUT2D eigenvalue weighted by molar-refractivity contribution is 0.364. The molecule has 1 aromatic carbocycles. The van der Waals surface area contributed by atoms with E-state index in [0.29, 0.717) is 0 Å². The van der Waals surface area contributed by atoms with Crippen LogP contribution in [0.3, 0.4) is 0 Å². The molecule has 1 saturated carbocycles. The van der Waals surface area contributed by atoms with Gasteiger partial charge in [-0.05, 0) is 68.2 Å². The summed E-state index contributed by atoms with van der Waals surface area (Å²) in [5.41, 5.74) is 4.31. The van der Waals surface area contributed by atoms with Crippen LogP contribution in [0.1, 0.15) is 43.4 Å². The molecule has 1 N–H and O–H groups in total. The van der Waals surface area contributed by atoms with Crippen LogP contribution in [0.5, 0.6) is 0 Å². The van der Waals surface area contributed by atoms with Gasteiger partial charge in [0.15, 0.2) is 0 Å². The van der Waals surface area contributed by atoms with E-state index in [2.05, 4.69) is 51.2 Å². The van der Waals surface area contributed by atoms with Gasteiger partial charge in [0.2, 0.25) is 0 Å². The highest BCUT2D eigenvalue weighted by molar-refractivity contribution is 5.30. The molecule has 0 amide bonds. The zero-order valence-corrected chi connectivity index (χ0v) is 12.3. The normalized spacial score (nSPS) is 18.7. The first-order valence-corrected chi connectivity index (χ1v) is 7.35. The first-order chi connectivity index (χ1) is 8.56. The van der Waals surface area contributed by atoms with Crippen molar-refractivity contribution >= 4 is 0 Å². The Morgan fingerprint density at radius 1 is 1.11 bits per heavy atom. The third-order valence-electron chi connectivity index (χ3n) is 4.41. The van der Waals surface area contributed by atoms with E-state index in [1.165, 1.54) is 42.5 Å². The average Bonchev–Trinajstić information content (AvgIpc) is 3.14. The molecule has 2 rings (SSSR count). The highest BCUT2D eigenvalue weighted by Gasteiger charge is 2.22. The van der Waals surface area contributed by atoms with Crippen molar-refractivity contribution < 1.29 is 0 Å². The van der Waals surface area contributed by atoms with Crippen LogP contribution in [0, 0.1) is 25.7 Å². The Balaban J connectivity index is 1.84. The molecule has 100 valence electrons. The van der Waals surface area contributed by atoms with E-state index in [4.69, 9.17) is 0 Å². The first kappa shape index (κ1) is 13.6. The quantitative estimate of drug-likeness (QED) is 0.802. The summed E-state index contributed by atoms with van der Waals surface area (Å²) < 4.78 is 0. The molecule has 0 radical (unpaired) electrons. The second kappa shape index (κ2) is 5.88. The Kier molecular flexibility index (Phi) is 4.45. The third kappa shape index (κ3) is 3.84. The Morgan fingerprint density at radius 3 is 2.44 bits per heavy atom. The van der Waals surface area contributed by atoms with Gasteiger partial charge in [0.25, 0.3) is 0 Å². The summed E-state index contributed by atoms with van der Waals surface area (Å²) in [5.74, 6) is 1.51. The van der Waals surface area contributed by atoms with Gasteiger partial charge in [-0.1, -0.05) is 32.0 Å². The molecule has 2 unspecified atom stereocenters. The summed E-state index contributed by atoms with van der Waals surface area (Å²) in [6, 6.07) is 7.73. The molecular weight excluding hydrogens is 218 g/mol. The number of benzene rings is 1. The minimum Gasteiger partial charge on any atom is -0.314 e. The van der Waals surface area contributed by atoms with Crippen molar-refractivity contribution in [3.63, 3.8) is 0 Å². The predicted octanol–water partition coefficient (Wildman–Crippen LogP) is 3.87. The monoisotopic (exact) mass is 245 g/mol. The molecule has 0 aliphatic heterocycles. The van der Waals surface area contributed by atoms with E-state index in [1.807, 2.05) is 0 Å². The molecule has 1 heteroatoms. The largest absolute Gasteiger partial charge is 0.314 e. The van der Waals surface area contributed by atoms with Crippen LogP contribution in [0.4, 0.5) is 0 Å². The number of nitrogens with one attached hydrogen (secondary N) is 1. The fraction of sp³-hybridized carbons (Fsp3) is 0.647. The fourth-order valence-electron chi connectivity index (χ4n) is 2.34. The second-order valence-electron chi connectivity index (χ2n) is 6.26. The Bertz CT molecular complexity index is 393. The van der Waals surface area contributed by atoms with Crippen LogP contribution in [0.2, 0.25) is 0 Å². The van der Waals surface area contributed by atoms with Crippen LogP contribution in [0.25, 0.3) is 0 Å². The number of aryl methyl sites for hydroxylation is 2. The topological polar surface area (TPSA) is 12.0 Å². The molecule has 1 aromatic rings. The van der Waals surface area contributed by atoms with Crippen LogP contribution >= 0.6 is 0 Å². The van der Waals surface area contributed by atoms with E-state index in [1.54, 1.807) is 0 Å². The van der Waals surface area contributed by atoms with E-state index in [-0.39, 0.29) is 0 Å². The van der Waals surface area contributed by atoms with Gasteiger partial charge >= 0.3 is 0 Å². The van der Waals surface area contributed by atoms with Gasteiger partial charge in [0.05, 0.1) is 0 Å². The van der Waals surface area contributed by atoms with Crippen LogP contribution in [-0.4, -0.2) is 12.6 Å². The molecule has 18 heavy (non-hydrogen) atoms. The molecule has 0 saturated heterocycles. The van der Waals surface area contributed by atoms with Gasteiger partial charge in [0.1, 0.15) is 0 Å². The van der Waals surface area contributed by atoms with Gasteiger partial charge in [0, 0.05) is 6.04 Å². The Labute approximate surface area is 112 Å². The lowest BCUT2D eigenvalue weighted by Gasteiger charge is -2.21. The smallest absolute Gasteiger partial charge is 0.00683 e. The second-order valence-corrected chi connectivity index (χ2v) is 6.26. The summed E-state index contributed by atoms with van der Waals surface area (Å²) in [4.78, 5) is 0. The summed E-state index contributed by atoms with van der Waals surface area (Å²) in [6.07, 6.45) is 3.98. The van der Waals surface area contributed by atoms with Crippen LogP contribution < -0.4 is 5.32 Å².